The van der Waals surface area contributed by atoms with Gasteiger partial charge in [-0.2, -0.15) is 0 Å². The van der Waals surface area contributed by atoms with Gasteiger partial charge in [0.15, 0.2) is 11.9 Å². The molecule has 0 spiro atoms. The van der Waals surface area contributed by atoms with Gasteiger partial charge in [0.25, 0.3) is 0 Å². The van der Waals surface area contributed by atoms with Crippen molar-refractivity contribution in [3.8, 4) is 0 Å². The molecule has 17 N–H and O–H groups in total. The normalized spacial score (nSPS) is 16.7. The highest BCUT2D eigenvalue weighted by atomic mass is 35.5. The molecule has 0 unspecified atom stereocenters. The van der Waals surface area contributed by atoms with Crippen LogP contribution in [0.1, 0.15) is 81.9 Å². The Bertz CT molecular complexity index is 2730. The first-order chi connectivity index (χ1) is 38.5. The number of nitrogens with one attached hydrogen (secondary N) is 6. The van der Waals surface area contributed by atoms with Gasteiger partial charge in [-0.05, 0) is 94.0 Å². The Morgan fingerprint density at radius 1 is 0.630 bits per heavy atom. The molecule has 81 heavy (non-hydrogen) atoms. The average Bonchev–Trinajstić information content (AvgIpc) is 4.36. The van der Waals surface area contributed by atoms with Crippen LogP contribution in [-0.4, -0.2) is 161 Å². The zero-order valence-electron chi connectivity index (χ0n) is 45.6. The lowest BCUT2D eigenvalue weighted by Gasteiger charge is -2.32. The molecule has 8 amide bonds. The van der Waals surface area contributed by atoms with Crippen LogP contribution in [0.5, 0.6) is 0 Å². The summed E-state index contributed by atoms with van der Waals surface area (Å²) in [5, 5.41) is 26.3. The van der Waals surface area contributed by atoms with Gasteiger partial charge in [0.05, 0.1) is 12.6 Å². The second-order valence-corrected chi connectivity index (χ2v) is 21.0. The van der Waals surface area contributed by atoms with E-state index in [0.717, 1.165) is 0 Å². The summed E-state index contributed by atoms with van der Waals surface area (Å²) >= 11 is 6.19. The quantitative estimate of drug-likeness (QED) is 0.0221. The van der Waals surface area contributed by atoms with E-state index < -0.39 is 102 Å². The molecule has 0 saturated carbocycles. The molecule has 0 radical (unpaired) electrons. The Hall–Kier alpha value is -8.32. The monoisotopic (exact) mass is 1140 g/mol. The van der Waals surface area contributed by atoms with Crippen LogP contribution in [0.25, 0.3) is 0 Å². The van der Waals surface area contributed by atoms with Crippen molar-refractivity contribution in [3.63, 3.8) is 0 Å². The van der Waals surface area contributed by atoms with Crippen molar-refractivity contribution in [2.45, 2.75) is 132 Å². The summed E-state index contributed by atoms with van der Waals surface area (Å²) in [5.74, 6) is -6.98. The third-order valence-electron chi connectivity index (χ3n) is 13.8. The molecule has 3 aromatic rings. The topological polar surface area (TPSA) is 407 Å². The molecule has 2 saturated heterocycles. The molecule has 2 heterocycles. The zero-order valence-corrected chi connectivity index (χ0v) is 46.4. The van der Waals surface area contributed by atoms with Crippen molar-refractivity contribution < 1.29 is 48.3 Å². The van der Waals surface area contributed by atoms with E-state index in [4.69, 9.17) is 40.3 Å². The van der Waals surface area contributed by atoms with Crippen LogP contribution in [0.15, 0.2) is 94.9 Å². The van der Waals surface area contributed by atoms with E-state index in [9.17, 15) is 48.3 Å². The first kappa shape index (κ1) is 63.5. The minimum absolute atomic E-state index is 0.0317. The van der Waals surface area contributed by atoms with Crippen molar-refractivity contribution in [1.29, 1.82) is 0 Å². The smallest absolute Gasteiger partial charge is 0.326 e. The van der Waals surface area contributed by atoms with Gasteiger partial charge in [0, 0.05) is 50.5 Å². The van der Waals surface area contributed by atoms with Gasteiger partial charge in [0.1, 0.15) is 41.8 Å². The first-order valence-corrected chi connectivity index (χ1v) is 27.2. The number of nitrogens with zero attached hydrogens (tertiary/aromatic N) is 4. The lowest BCUT2D eigenvalue weighted by molar-refractivity contribution is -0.147. The molecule has 2 fully saturated rings. The summed E-state index contributed by atoms with van der Waals surface area (Å²) in [7, 11) is 0. The molecule has 0 aliphatic carbocycles. The number of benzene rings is 3. The molecule has 2 aliphatic heterocycles. The van der Waals surface area contributed by atoms with Crippen LogP contribution in [0, 0.1) is 0 Å². The Balaban J connectivity index is 1.28. The largest absolute Gasteiger partial charge is 0.480 e. The summed E-state index contributed by atoms with van der Waals surface area (Å²) in [6, 6.07) is 15.9. The fraction of sp³-hybridized carbons (Fsp3) is 0.473. The third kappa shape index (κ3) is 20.1. The number of hydrogen-bond acceptors (Lipinski definition) is 12. The van der Waals surface area contributed by atoms with Crippen LogP contribution in [0.2, 0.25) is 5.02 Å². The highest BCUT2D eigenvalue weighted by molar-refractivity contribution is 6.30. The number of nitrogens with two attached hydrogens (primary N) is 5. The van der Waals surface area contributed by atoms with Gasteiger partial charge in [0.2, 0.25) is 47.3 Å². The molecule has 5 rings (SSSR count). The number of likely N-dealkylation sites (tertiary alicyclic amines) is 2. The van der Waals surface area contributed by atoms with E-state index in [-0.39, 0.29) is 63.0 Å². The average molecular weight is 1140 g/mol. The zero-order chi connectivity index (χ0) is 59.2. The van der Waals surface area contributed by atoms with Gasteiger partial charge in [-0.25, -0.2) is 4.79 Å². The van der Waals surface area contributed by atoms with Crippen molar-refractivity contribution in [2.24, 2.45) is 38.7 Å². The van der Waals surface area contributed by atoms with Crippen molar-refractivity contribution in [3.05, 3.63) is 107 Å². The van der Waals surface area contributed by atoms with Crippen LogP contribution >= 0.6 is 11.6 Å². The fourth-order valence-corrected chi connectivity index (χ4v) is 9.57. The molecule has 0 bridgehead atoms. The maximum absolute atomic E-state index is 14.5. The number of aliphatic carboxylic acids is 1. The SMILES string of the molecule is CC(C)(NC(=O)[C@@H](Cc1ccc(Cl)cc1)NC(=O)[C@H](Cc1ccccc1)NC(=O)CNC(=O)[C@@H]1CCCN1C(=O)[C@@H]1CCCN1C(=O)[C@@H](N)CCCN=C(N)N)C(=O)N[C@@H](Cc1ccccc1)C(=O)N[C@@H](CCCN=C(N)N)C(=O)O. The molecule has 25 nitrogen and oxygen atoms in total. The summed E-state index contributed by atoms with van der Waals surface area (Å²) < 4.78 is 0. The van der Waals surface area contributed by atoms with Crippen LogP contribution in [0.4, 0.5) is 0 Å². The number of carbonyl (C=O) groups excluding carboxylic acids is 8. The highest BCUT2D eigenvalue weighted by Crippen LogP contribution is 2.26. The second kappa shape index (κ2) is 30.9. The predicted octanol–water partition coefficient (Wildman–Crippen LogP) is -1.18. The Labute approximate surface area is 475 Å². The molecular formula is C55H76ClN15O10. The lowest BCUT2D eigenvalue weighted by Crippen LogP contribution is -2.63. The maximum atomic E-state index is 14.5. The van der Waals surface area contributed by atoms with E-state index >= 15 is 0 Å². The number of carboxylic acid groups (broad SMARTS) is 1. The van der Waals surface area contributed by atoms with E-state index in [1.54, 1.807) is 84.9 Å². The molecule has 7 atom stereocenters. The number of aliphatic imine (C=N–C) groups is 2. The van der Waals surface area contributed by atoms with E-state index in [0.29, 0.717) is 73.3 Å². The Kier molecular flexibility index (Phi) is 24.2. The number of carbonyl (C=O) groups is 9. The minimum Gasteiger partial charge on any atom is -0.480 e. The molecule has 26 heteroatoms. The molecule has 2 aliphatic rings. The second-order valence-electron chi connectivity index (χ2n) is 20.5. The third-order valence-corrected chi connectivity index (χ3v) is 14.0. The number of halogens is 1. The van der Waals surface area contributed by atoms with Gasteiger partial charge < -0.3 is 75.5 Å². The van der Waals surface area contributed by atoms with E-state index in [2.05, 4.69) is 41.9 Å². The molecular weight excluding hydrogens is 1070 g/mol. The van der Waals surface area contributed by atoms with Gasteiger partial charge in [-0.3, -0.25) is 48.3 Å². The van der Waals surface area contributed by atoms with Crippen molar-refractivity contribution in [1.82, 2.24) is 41.7 Å². The summed E-state index contributed by atoms with van der Waals surface area (Å²) in [4.78, 5) is 135. The first-order valence-electron chi connectivity index (χ1n) is 26.9. The summed E-state index contributed by atoms with van der Waals surface area (Å²) in [5.41, 5.74) is 27.9. The van der Waals surface area contributed by atoms with E-state index in [1.165, 1.54) is 23.6 Å². The molecule has 438 valence electrons. The minimum atomic E-state index is -1.77. The fourth-order valence-electron chi connectivity index (χ4n) is 9.45. The number of amides is 8. The Morgan fingerprint density at radius 3 is 1.65 bits per heavy atom. The predicted molar refractivity (Wildman–Crippen MR) is 303 cm³/mol. The van der Waals surface area contributed by atoms with Crippen LogP contribution < -0.4 is 60.6 Å². The van der Waals surface area contributed by atoms with E-state index in [1.807, 2.05) is 0 Å². The Morgan fingerprint density at radius 2 is 1.11 bits per heavy atom. The molecule has 3 aromatic carbocycles. The van der Waals surface area contributed by atoms with Gasteiger partial charge in [-0.1, -0.05) is 84.4 Å². The van der Waals surface area contributed by atoms with Gasteiger partial charge >= 0.3 is 5.97 Å². The van der Waals surface area contributed by atoms with Crippen LogP contribution in [-0.2, 0) is 62.4 Å². The lowest BCUT2D eigenvalue weighted by atomic mass is 9.98. The van der Waals surface area contributed by atoms with Crippen LogP contribution in [0.3, 0.4) is 0 Å². The number of guanidine groups is 2. The summed E-state index contributed by atoms with van der Waals surface area (Å²) in [6.07, 6.45) is 2.46. The maximum Gasteiger partial charge on any atom is 0.326 e. The summed E-state index contributed by atoms with van der Waals surface area (Å²) in [6.45, 7) is 3.17. The van der Waals surface area contributed by atoms with Crippen molar-refractivity contribution in [2.75, 3.05) is 32.7 Å². The van der Waals surface area contributed by atoms with Gasteiger partial charge in [-0.15, -0.1) is 0 Å². The molecule has 0 aromatic heterocycles. The highest BCUT2D eigenvalue weighted by Gasteiger charge is 2.43. The number of carboxylic acids is 1. The number of rotatable bonds is 29. The standard InChI is InChI=1S/C55H76ClN15O10/c1-55(2,52(81)68-40(30-34-15-7-4-8-16-34)46(74)66-38(51(79)80)18-10-26-63-54(60)61)69-47(75)41(31-35-21-23-36(56)24-22-35)67-45(73)39(29-33-13-5-3-6-14-33)65-44(72)32-64-48(76)42-19-11-27-70(42)50(78)43-20-12-28-71(43)49(77)37(57)17-9-25-62-53(58)59/h3-8,13-16,21-24,37-43H,9-12,17-20,25-32,57H2,1-2H3,(H,64,76)(H,65,72)(H,66,74)(H,67,73)(H,68,81)(H,69,75)(H,79,80)(H4,58,59,62)(H4,60,61,63)/t37-,38-,39-,40-,41+,42-,43-/m0/s1. The van der Waals surface area contributed by atoms with Crippen molar-refractivity contribution >= 4 is 76.7 Å². The number of hydrogen-bond donors (Lipinski definition) is 12.